The van der Waals surface area contributed by atoms with Crippen LogP contribution in [0.4, 0.5) is 43.9 Å². The highest BCUT2D eigenvalue weighted by Crippen LogP contribution is 2.69. The molecule has 20 heteroatoms. The summed E-state index contributed by atoms with van der Waals surface area (Å²) in [7, 11) is 0. The van der Waals surface area contributed by atoms with Crippen molar-refractivity contribution in [2.45, 2.75) is 35.4 Å². The lowest BCUT2D eigenvalue weighted by atomic mass is 9.77. The van der Waals surface area contributed by atoms with Crippen molar-refractivity contribution in [1.82, 2.24) is 0 Å². The van der Waals surface area contributed by atoms with Gasteiger partial charge < -0.3 is 29.9 Å². The van der Waals surface area contributed by atoms with Gasteiger partial charge in [0.15, 0.2) is 0 Å². The molecule has 4 N–H and O–H groups in total. The van der Waals surface area contributed by atoms with Crippen LogP contribution in [0.1, 0.15) is 41.4 Å². The van der Waals surface area contributed by atoms with E-state index in [0.717, 1.165) is 0 Å². The van der Waals surface area contributed by atoms with Gasteiger partial charge in [-0.3, -0.25) is 0 Å². The number of carboxylic acids is 4. The average molecular weight is 624 g/mol. The van der Waals surface area contributed by atoms with Crippen molar-refractivity contribution < 1.29 is 93.0 Å². The second kappa shape index (κ2) is 9.38. The van der Waals surface area contributed by atoms with Gasteiger partial charge in [0.1, 0.15) is 11.5 Å². The fourth-order valence-electron chi connectivity index (χ4n) is 3.68. The average Bonchev–Trinajstić information content (AvgIpc) is 2.86. The Kier molecular flexibility index (Phi) is 7.09. The second-order valence-corrected chi connectivity index (χ2v) is 8.33. The Morgan fingerprint density at radius 2 is 0.690 bits per heavy atom. The molecule has 0 atom stereocenters. The van der Waals surface area contributed by atoms with Crippen molar-refractivity contribution in [2.24, 2.45) is 0 Å². The number of hydrogen-bond donors (Lipinski definition) is 4. The summed E-state index contributed by atoms with van der Waals surface area (Å²) < 4.78 is 156. The van der Waals surface area contributed by atoms with Crippen molar-refractivity contribution in [3.05, 3.63) is 58.7 Å². The molecule has 3 rings (SSSR count). The topological polar surface area (TPSA) is 168 Å². The van der Waals surface area contributed by atoms with Crippen molar-refractivity contribution in [1.29, 1.82) is 0 Å². The Morgan fingerprint density at radius 3 is 0.905 bits per heavy atom. The van der Waals surface area contributed by atoms with Gasteiger partial charge in [-0.05, 0) is 36.4 Å². The standard InChI is InChI=1S/C22H10F10O10/c23-17(24)19(27,28)22(32,42-8-2-4-10(14(35)36)12(6-8)16(39)40)20(29,30)18(25,26)21(17,31)41-7-1-3-9(13(33)34)11(5-7)15(37)38/h1-6H,(H,33,34)(H,35,36)(H,37,38)(H,39,40). The maximum absolute atomic E-state index is 15.3. The molecule has 0 bridgehead atoms. The molecular weight excluding hydrogens is 614 g/mol. The SMILES string of the molecule is O=C(O)c1ccc(OC2(F)C(F)(F)C(F)(F)C(F)(Oc3ccc(C(=O)O)c(C(=O)O)c3)C(F)(F)C2(F)F)cc1C(=O)O. The zero-order valence-corrected chi connectivity index (χ0v) is 19.5. The number of halogens is 10. The summed E-state index contributed by atoms with van der Waals surface area (Å²) in [5, 5.41) is 35.8. The van der Waals surface area contributed by atoms with Crippen LogP contribution in [0.15, 0.2) is 36.4 Å². The number of benzene rings is 2. The normalized spacial score (nSPS) is 25.2. The van der Waals surface area contributed by atoms with Gasteiger partial charge in [0.2, 0.25) is 0 Å². The molecule has 0 radical (unpaired) electrons. The molecule has 0 aliphatic heterocycles. The Morgan fingerprint density at radius 1 is 0.452 bits per heavy atom. The highest BCUT2D eigenvalue weighted by atomic mass is 19.4. The molecule has 1 aliphatic rings. The Balaban J connectivity index is 2.22. The Labute approximate surface area is 223 Å². The summed E-state index contributed by atoms with van der Waals surface area (Å²) >= 11 is 0. The largest absolute Gasteiger partial charge is 0.478 e. The van der Waals surface area contributed by atoms with Crippen LogP contribution in [-0.2, 0) is 0 Å². The number of hydrogen-bond acceptors (Lipinski definition) is 6. The van der Waals surface area contributed by atoms with E-state index in [1.165, 1.54) is 0 Å². The highest BCUT2D eigenvalue weighted by molar-refractivity contribution is 6.02. The number of ether oxygens (including phenoxy) is 2. The first kappa shape index (κ1) is 31.7. The van der Waals surface area contributed by atoms with E-state index in [4.69, 9.17) is 20.4 Å². The summed E-state index contributed by atoms with van der Waals surface area (Å²) in [5.41, 5.74) is -5.39. The first-order chi connectivity index (χ1) is 18.9. The number of carboxylic acid groups (broad SMARTS) is 4. The van der Waals surface area contributed by atoms with Crippen molar-refractivity contribution in [2.75, 3.05) is 0 Å². The molecule has 2 aromatic carbocycles. The predicted molar refractivity (Wildman–Crippen MR) is 109 cm³/mol. The van der Waals surface area contributed by atoms with Gasteiger partial charge in [-0.1, -0.05) is 0 Å². The summed E-state index contributed by atoms with van der Waals surface area (Å²) in [6.07, 6.45) is 0. The van der Waals surface area contributed by atoms with E-state index in [1.807, 2.05) is 0 Å². The molecular formula is C22H10F10O10. The minimum atomic E-state index is -7.34. The number of aromatic carboxylic acids is 4. The third-order valence-electron chi connectivity index (χ3n) is 5.82. The summed E-state index contributed by atoms with van der Waals surface area (Å²) in [6.45, 7) is 0. The van der Waals surface area contributed by atoms with Gasteiger partial charge in [-0.15, -0.1) is 0 Å². The third kappa shape index (κ3) is 4.03. The van der Waals surface area contributed by atoms with Gasteiger partial charge in [-0.2, -0.15) is 43.9 Å². The van der Waals surface area contributed by atoms with E-state index in [1.54, 1.807) is 0 Å². The molecule has 1 saturated carbocycles. The minimum Gasteiger partial charge on any atom is -0.478 e. The number of carbonyl (C=O) groups is 4. The number of alkyl halides is 10. The molecule has 0 saturated heterocycles. The van der Waals surface area contributed by atoms with Crippen LogP contribution in [0, 0.1) is 0 Å². The van der Waals surface area contributed by atoms with Gasteiger partial charge in [-0.25, -0.2) is 19.2 Å². The maximum Gasteiger partial charge on any atom is 0.392 e. The highest BCUT2D eigenvalue weighted by Gasteiger charge is 3.03. The lowest BCUT2D eigenvalue weighted by molar-refractivity contribution is -0.520. The van der Waals surface area contributed by atoms with Gasteiger partial charge in [0.25, 0.3) is 0 Å². The number of rotatable bonds is 8. The molecule has 1 fully saturated rings. The smallest absolute Gasteiger partial charge is 0.392 e. The van der Waals surface area contributed by atoms with E-state index >= 15 is 8.78 Å². The van der Waals surface area contributed by atoms with Crippen molar-refractivity contribution >= 4 is 23.9 Å². The zero-order chi connectivity index (χ0) is 32.4. The molecule has 0 amide bonds. The van der Waals surface area contributed by atoms with Crippen LogP contribution in [0.25, 0.3) is 0 Å². The third-order valence-corrected chi connectivity index (χ3v) is 5.82. The van der Waals surface area contributed by atoms with Crippen LogP contribution in [0.3, 0.4) is 0 Å². The lowest BCUT2D eigenvalue weighted by Crippen LogP contribution is -2.87. The fraction of sp³-hybridized carbons (Fsp3) is 0.273. The van der Waals surface area contributed by atoms with Gasteiger partial charge in [0.05, 0.1) is 22.3 Å². The molecule has 0 unspecified atom stereocenters. The van der Waals surface area contributed by atoms with Crippen molar-refractivity contribution in [3.63, 3.8) is 0 Å². The summed E-state index contributed by atoms with van der Waals surface area (Å²) in [6, 6.07) is -0.371. The van der Waals surface area contributed by atoms with Crippen LogP contribution >= 0.6 is 0 Å². The fourth-order valence-corrected chi connectivity index (χ4v) is 3.68. The zero-order valence-electron chi connectivity index (χ0n) is 19.5. The molecule has 10 nitrogen and oxygen atoms in total. The van der Waals surface area contributed by atoms with Crippen LogP contribution < -0.4 is 9.47 Å². The van der Waals surface area contributed by atoms with E-state index in [-0.39, 0.29) is 36.4 Å². The summed E-state index contributed by atoms with van der Waals surface area (Å²) in [5.74, 6) is -55.6. The van der Waals surface area contributed by atoms with E-state index in [0.29, 0.717) is 0 Å². The van der Waals surface area contributed by atoms with Gasteiger partial charge >= 0.3 is 59.3 Å². The van der Waals surface area contributed by atoms with E-state index < -0.39 is 93.0 Å². The first-order valence-electron chi connectivity index (χ1n) is 10.4. The second-order valence-electron chi connectivity index (χ2n) is 8.33. The Bertz CT molecular complexity index is 1370. The monoisotopic (exact) mass is 624 g/mol. The van der Waals surface area contributed by atoms with Crippen LogP contribution in [-0.4, -0.2) is 79.7 Å². The molecule has 2 aromatic rings. The van der Waals surface area contributed by atoms with Crippen LogP contribution in [0.2, 0.25) is 0 Å². The molecule has 228 valence electrons. The molecule has 1 aliphatic carbocycles. The van der Waals surface area contributed by atoms with Crippen LogP contribution in [0.5, 0.6) is 11.5 Å². The van der Waals surface area contributed by atoms with E-state index in [2.05, 4.69) is 9.47 Å². The Hall–Kier alpha value is -4.78. The minimum absolute atomic E-state index is 0.0368. The maximum atomic E-state index is 15.3. The lowest BCUT2D eigenvalue weighted by Gasteiger charge is -2.53. The molecule has 42 heavy (non-hydrogen) atoms. The summed E-state index contributed by atoms with van der Waals surface area (Å²) in [4.78, 5) is 44.6. The van der Waals surface area contributed by atoms with Gasteiger partial charge in [0, 0.05) is 0 Å². The quantitative estimate of drug-likeness (QED) is 0.299. The first-order valence-corrected chi connectivity index (χ1v) is 10.4. The molecule has 0 aromatic heterocycles. The van der Waals surface area contributed by atoms with Crippen molar-refractivity contribution in [3.8, 4) is 11.5 Å². The van der Waals surface area contributed by atoms with E-state index in [9.17, 15) is 54.3 Å². The predicted octanol–water partition coefficient (Wildman–Crippen LogP) is 4.82. The molecule has 0 spiro atoms. The molecule has 0 heterocycles.